The fourth-order valence-corrected chi connectivity index (χ4v) is 2.64. The number of halogens is 1. The molecule has 0 heterocycles. The predicted octanol–water partition coefficient (Wildman–Crippen LogP) is 2.66. The summed E-state index contributed by atoms with van der Waals surface area (Å²) >= 11 is 1.21. The molecule has 0 fully saturated rings. The van der Waals surface area contributed by atoms with Gasteiger partial charge in [-0.3, -0.25) is 9.59 Å². The van der Waals surface area contributed by atoms with E-state index in [-0.39, 0.29) is 17.1 Å². The topological polar surface area (TPSA) is 81.4 Å². The molecule has 0 aliphatic carbocycles. The molecule has 0 spiro atoms. The molecule has 0 radical (unpaired) electrons. The van der Waals surface area contributed by atoms with E-state index in [0.29, 0.717) is 10.6 Å². The van der Waals surface area contributed by atoms with E-state index in [9.17, 15) is 14.0 Å². The number of primary amides is 1. The Morgan fingerprint density at radius 3 is 2.70 bits per heavy atom. The first-order chi connectivity index (χ1) is 11.0. The average molecular weight is 334 g/mol. The van der Waals surface area contributed by atoms with E-state index < -0.39 is 17.6 Å². The van der Waals surface area contributed by atoms with E-state index in [0.717, 1.165) is 6.07 Å². The second-order valence-electron chi connectivity index (χ2n) is 4.55. The summed E-state index contributed by atoms with van der Waals surface area (Å²) in [7, 11) is 1.40. The van der Waals surface area contributed by atoms with Crippen molar-refractivity contribution >= 4 is 29.3 Å². The van der Waals surface area contributed by atoms with Crippen LogP contribution in [0, 0.1) is 5.82 Å². The zero-order chi connectivity index (χ0) is 16.8. The lowest BCUT2D eigenvalue weighted by Crippen LogP contribution is -2.15. The van der Waals surface area contributed by atoms with Crippen molar-refractivity contribution in [2.24, 2.45) is 5.73 Å². The Morgan fingerprint density at radius 2 is 2.00 bits per heavy atom. The monoisotopic (exact) mass is 334 g/mol. The van der Waals surface area contributed by atoms with Crippen molar-refractivity contribution in [2.45, 2.75) is 4.90 Å². The van der Waals surface area contributed by atoms with Gasteiger partial charge < -0.3 is 15.8 Å². The molecular weight excluding hydrogens is 319 g/mol. The summed E-state index contributed by atoms with van der Waals surface area (Å²) in [5.74, 6) is -1.13. The normalized spacial score (nSPS) is 10.2. The molecule has 0 aliphatic rings. The van der Waals surface area contributed by atoms with Gasteiger partial charge in [0.1, 0.15) is 11.6 Å². The minimum atomic E-state index is -0.535. The quantitative estimate of drug-likeness (QED) is 0.796. The van der Waals surface area contributed by atoms with Crippen molar-refractivity contribution in [2.75, 3.05) is 18.2 Å². The number of rotatable bonds is 6. The Hall–Kier alpha value is -2.54. The van der Waals surface area contributed by atoms with Gasteiger partial charge in [-0.15, -0.1) is 11.8 Å². The average Bonchev–Trinajstić information content (AvgIpc) is 2.53. The number of nitrogens with two attached hydrogens (primary N) is 1. The minimum absolute atomic E-state index is 0.0854. The number of benzene rings is 2. The zero-order valence-electron chi connectivity index (χ0n) is 12.3. The molecule has 3 N–H and O–H groups in total. The molecule has 2 rings (SSSR count). The third-order valence-corrected chi connectivity index (χ3v) is 4.01. The zero-order valence-corrected chi connectivity index (χ0v) is 13.2. The van der Waals surface area contributed by atoms with Gasteiger partial charge in [-0.05, 0) is 30.3 Å². The number of thioether (sulfide) groups is 1. The SMILES string of the molecule is COc1ccc(F)cc1C(=O)Nc1ccccc1SCC(N)=O. The summed E-state index contributed by atoms with van der Waals surface area (Å²) in [6, 6.07) is 10.7. The molecule has 0 atom stereocenters. The fraction of sp³-hybridized carbons (Fsp3) is 0.125. The van der Waals surface area contributed by atoms with Crippen LogP contribution in [-0.4, -0.2) is 24.7 Å². The van der Waals surface area contributed by atoms with Crippen LogP contribution in [0.1, 0.15) is 10.4 Å². The van der Waals surface area contributed by atoms with Crippen LogP contribution in [0.3, 0.4) is 0 Å². The summed E-state index contributed by atoms with van der Waals surface area (Å²) < 4.78 is 18.5. The highest BCUT2D eigenvalue weighted by atomic mass is 32.2. The molecular formula is C16H15FN2O3S. The Morgan fingerprint density at radius 1 is 1.26 bits per heavy atom. The van der Waals surface area contributed by atoms with Crippen molar-refractivity contribution in [1.82, 2.24) is 0 Å². The number of hydrogen-bond donors (Lipinski definition) is 2. The predicted molar refractivity (Wildman–Crippen MR) is 87.3 cm³/mol. The van der Waals surface area contributed by atoms with Crippen molar-refractivity contribution in [1.29, 1.82) is 0 Å². The molecule has 0 saturated heterocycles. The van der Waals surface area contributed by atoms with E-state index in [4.69, 9.17) is 10.5 Å². The molecule has 2 aromatic rings. The molecule has 0 aliphatic heterocycles. The lowest BCUT2D eigenvalue weighted by molar-refractivity contribution is -0.115. The molecule has 2 aromatic carbocycles. The third kappa shape index (κ3) is 4.46. The van der Waals surface area contributed by atoms with Crippen LogP contribution in [0.4, 0.5) is 10.1 Å². The highest BCUT2D eigenvalue weighted by Crippen LogP contribution is 2.28. The third-order valence-electron chi connectivity index (χ3n) is 2.91. The Balaban J connectivity index is 2.24. The summed E-state index contributed by atoms with van der Waals surface area (Å²) in [6.45, 7) is 0. The molecule has 7 heteroatoms. The Kier molecular flexibility index (Phi) is 5.59. The highest BCUT2D eigenvalue weighted by molar-refractivity contribution is 8.00. The second kappa shape index (κ2) is 7.64. The highest BCUT2D eigenvalue weighted by Gasteiger charge is 2.15. The van der Waals surface area contributed by atoms with E-state index in [1.165, 1.54) is 31.0 Å². The van der Waals surface area contributed by atoms with Crippen LogP contribution in [0.2, 0.25) is 0 Å². The standard InChI is InChI=1S/C16H15FN2O3S/c1-22-13-7-6-10(17)8-11(13)16(21)19-12-4-2-3-5-14(12)23-9-15(18)20/h2-8H,9H2,1H3,(H2,18,20)(H,19,21). The molecule has 0 aromatic heterocycles. The van der Waals surface area contributed by atoms with Gasteiger partial charge in [0.25, 0.3) is 5.91 Å². The molecule has 120 valence electrons. The number of carbonyl (C=O) groups excluding carboxylic acids is 2. The van der Waals surface area contributed by atoms with E-state index in [1.54, 1.807) is 24.3 Å². The number of ether oxygens (including phenoxy) is 1. The first kappa shape index (κ1) is 16.8. The van der Waals surface area contributed by atoms with Crippen molar-refractivity contribution in [3.05, 3.63) is 53.8 Å². The number of methoxy groups -OCH3 is 1. The van der Waals surface area contributed by atoms with Gasteiger partial charge >= 0.3 is 0 Å². The van der Waals surface area contributed by atoms with Crippen molar-refractivity contribution in [3.8, 4) is 5.75 Å². The van der Waals surface area contributed by atoms with E-state index in [1.807, 2.05) is 0 Å². The van der Waals surface area contributed by atoms with Gasteiger partial charge in [0.2, 0.25) is 5.91 Å². The van der Waals surface area contributed by atoms with Gasteiger partial charge in [0.15, 0.2) is 0 Å². The minimum Gasteiger partial charge on any atom is -0.496 e. The fourth-order valence-electron chi connectivity index (χ4n) is 1.89. The lowest BCUT2D eigenvalue weighted by Gasteiger charge is -2.12. The molecule has 23 heavy (non-hydrogen) atoms. The van der Waals surface area contributed by atoms with E-state index in [2.05, 4.69) is 5.32 Å². The van der Waals surface area contributed by atoms with Gasteiger partial charge in [0, 0.05) is 4.90 Å². The van der Waals surface area contributed by atoms with Crippen LogP contribution in [0.15, 0.2) is 47.4 Å². The summed E-state index contributed by atoms with van der Waals surface area (Å²) in [4.78, 5) is 24.0. The smallest absolute Gasteiger partial charge is 0.259 e. The van der Waals surface area contributed by atoms with Crippen LogP contribution < -0.4 is 15.8 Å². The number of amides is 2. The summed E-state index contributed by atoms with van der Waals surface area (Å²) in [6.07, 6.45) is 0. The van der Waals surface area contributed by atoms with Gasteiger partial charge in [-0.1, -0.05) is 12.1 Å². The number of para-hydroxylation sites is 1. The number of nitrogens with one attached hydrogen (secondary N) is 1. The Labute approximate surface area is 137 Å². The number of anilines is 1. The van der Waals surface area contributed by atoms with Crippen LogP contribution in [0.25, 0.3) is 0 Å². The molecule has 5 nitrogen and oxygen atoms in total. The molecule has 0 bridgehead atoms. The van der Waals surface area contributed by atoms with Crippen LogP contribution in [-0.2, 0) is 4.79 Å². The lowest BCUT2D eigenvalue weighted by atomic mass is 10.1. The maximum atomic E-state index is 13.4. The largest absolute Gasteiger partial charge is 0.496 e. The van der Waals surface area contributed by atoms with Gasteiger partial charge in [-0.2, -0.15) is 0 Å². The van der Waals surface area contributed by atoms with Gasteiger partial charge in [0.05, 0.1) is 24.1 Å². The molecule has 0 unspecified atom stereocenters. The molecule has 0 saturated carbocycles. The number of carbonyl (C=O) groups is 2. The van der Waals surface area contributed by atoms with E-state index >= 15 is 0 Å². The number of hydrogen-bond acceptors (Lipinski definition) is 4. The first-order valence-electron chi connectivity index (χ1n) is 6.66. The maximum absolute atomic E-state index is 13.4. The van der Waals surface area contributed by atoms with Crippen LogP contribution in [0.5, 0.6) is 5.75 Å². The maximum Gasteiger partial charge on any atom is 0.259 e. The summed E-state index contributed by atoms with van der Waals surface area (Å²) in [5.41, 5.74) is 5.73. The Bertz CT molecular complexity index is 737. The van der Waals surface area contributed by atoms with Crippen molar-refractivity contribution < 1.29 is 18.7 Å². The second-order valence-corrected chi connectivity index (χ2v) is 5.57. The summed E-state index contributed by atoms with van der Waals surface area (Å²) in [5, 5.41) is 2.69. The van der Waals surface area contributed by atoms with Crippen molar-refractivity contribution in [3.63, 3.8) is 0 Å². The van der Waals surface area contributed by atoms with Crippen LogP contribution >= 0.6 is 11.8 Å². The first-order valence-corrected chi connectivity index (χ1v) is 7.65. The van der Waals surface area contributed by atoms with Gasteiger partial charge in [-0.25, -0.2) is 4.39 Å². The molecule has 2 amide bonds.